The molecule has 0 aromatic carbocycles. The SMILES string of the molecule is CCC(N)C(O)c1ncccn1. The van der Waals surface area contributed by atoms with Gasteiger partial charge in [0.1, 0.15) is 6.10 Å². The Labute approximate surface area is 71.5 Å². The number of rotatable bonds is 3. The first kappa shape index (κ1) is 9.09. The van der Waals surface area contributed by atoms with E-state index in [1.165, 1.54) is 0 Å². The molecule has 66 valence electrons. The third kappa shape index (κ3) is 1.99. The van der Waals surface area contributed by atoms with Gasteiger partial charge in [-0.15, -0.1) is 0 Å². The van der Waals surface area contributed by atoms with Gasteiger partial charge in [0, 0.05) is 18.4 Å². The molecule has 0 radical (unpaired) electrons. The van der Waals surface area contributed by atoms with Gasteiger partial charge in [0.2, 0.25) is 0 Å². The number of hydrogen-bond donors (Lipinski definition) is 2. The predicted molar refractivity (Wildman–Crippen MR) is 45.3 cm³/mol. The fraction of sp³-hybridized carbons (Fsp3) is 0.500. The highest BCUT2D eigenvalue weighted by molar-refractivity contribution is 4.95. The number of hydrogen-bond acceptors (Lipinski definition) is 4. The highest BCUT2D eigenvalue weighted by atomic mass is 16.3. The minimum Gasteiger partial charge on any atom is -0.383 e. The lowest BCUT2D eigenvalue weighted by molar-refractivity contribution is 0.135. The minimum absolute atomic E-state index is 0.285. The Kier molecular flexibility index (Phi) is 3.13. The molecule has 2 atom stereocenters. The van der Waals surface area contributed by atoms with Gasteiger partial charge in [-0.2, -0.15) is 0 Å². The van der Waals surface area contributed by atoms with Crippen LogP contribution in [0.3, 0.4) is 0 Å². The van der Waals surface area contributed by atoms with Crippen LogP contribution in [0.1, 0.15) is 25.3 Å². The maximum absolute atomic E-state index is 9.54. The minimum atomic E-state index is -0.754. The Bertz CT molecular complexity index is 227. The van der Waals surface area contributed by atoms with Gasteiger partial charge < -0.3 is 10.8 Å². The Morgan fingerprint density at radius 3 is 2.58 bits per heavy atom. The zero-order valence-electron chi connectivity index (χ0n) is 7.01. The van der Waals surface area contributed by atoms with Gasteiger partial charge in [0.25, 0.3) is 0 Å². The molecule has 4 nitrogen and oxygen atoms in total. The highest BCUT2D eigenvalue weighted by Gasteiger charge is 2.16. The first-order valence-electron chi connectivity index (χ1n) is 3.96. The number of aromatic nitrogens is 2. The van der Waals surface area contributed by atoms with Crippen LogP contribution < -0.4 is 5.73 Å². The molecule has 2 unspecified atom stereocenters. The van der Waals surface area contributed by atoms with Crippen molar-refractivity contribution in [1.82, 2.24) is 9.97 Å². The van der Waals surface area contributed by atoms with Crippen molar-refractivity contribution < 1.29 is 5.11 Å². The molecule has 0 aliphatic rings. The fourth-order valence-electron chi connectivity index (χ4n) is 0.878. The molecule has 0 amide bonds. The number of nitrogens with zero attached hydrogens (tertiary/aromatic N) is 2. The van der Waals surface area contributed by atoms with Crippen molar-refractivity contribution in [3.63, 3.8) is 0 Å². The Hall–Kier alpha value is -1.00. The fourth-order valence-corrected chi connectivity index (χ4v) is 0.878. The van der Waals surface area contributed by atoms with Crippen LogP contribution in [0.25, 0.3) is 0 Å². The zero-order valence-corrected chi connectivity index (χ0v) is 7.01. The third-order valence-corrected chi connectivity index (χ3v) is 1.73. The molecule has 3 N–H and O–H groups in total. The molecule has 12 heavy (non-hydrogen) atoms. The lowest BCUT2D eigenvalue weighted by atomic mass is 10.1. The van der Waals surface area contributed by atoms with Crippen LogP contribution in [0.4, 0.5) is 0 Å². The average Bonchev–Trinajstić information content (AvgIpc) is 2.17. The van der Waals surface area contributed by atoms with Gasteiger partial charge >= 0.3 is 0 Å². The second-order valence-corrected chi connectivity index (χ2v) is 2.62. The summed E-state index contributed by atoms with van der Waals surface area (Å²) in [5.74, 6) is 0.395. The van der Waals surface area contributed by atoms with Crippen molar-refractivity contribution in [2.24, 2.45) is 5.73 Å². The Balaban J connectivity index is 2.71. The van der Waals surface area contributed by atoms with Gasteiger partial charge in [0.15, 0.2) is 5.82 Å². The molecule has 0 aliphatic heterocycles. The normalized spacial score (nSPS) is 15.6. The van der Waals surface area contributed by atoms with E-state index in [-0.39, 0.29) is 6.04 Å². The molecule has 4 heteroatoms. The second kappa shape index (κ2) is 4.13. The molecule has 1 heterocycles. The van der Waals surface area contributed by atoms with Crippen LogP contribution in [0.15, 0.2) is 18.5 Å². The summed E-state index contributed by atoms with van der Waals surface area (Å²) in [7, 11) is 0. The van der Waals surface area contributed by atoms with Crippen LogP contribution in [-0.4, -0.2) is 21.1 Å². The molecule has 0 spiro atoms. The van der Waals surface area contributed by atoms with Gasteiger partial charge in [-0.3, -0.25) is 0 Å². The maximum Gasteiger partial charge on any atom is 0.158 e. The Morgan fingerprint density at radius 1 is 1.50 bits per heavy atom. The van der Waals surface area contributed by atoms with Crippen LogP contribution in [-0.2, 0) is 0 Å². The van der Waals surface area contributed by atoms with E-state index in [2.05, 4.69) is 9.97 Å². The maximum atomic E-state index is 9.54. The molecule has 0 saturated carbocycles. The number of aliphatic hydroxyl groups excluding tert-OH is 1. The quantitative estimate of drug-likeness (QED) is 0.676. The number of aliphatic hydroxyl groups is 1. The van der Waals surface area contributed by atoms with E-state index in [0.29, 0.717) is 12.2 Å². The van der Waals surface area contributed by atoms with Crippen molar-refractivity contribution in [2.45, 2.75) is 25.5 Å². The summed E-state index contributed by atoms with van der Waals surface area (Å²) in [6.07, 6.45) is 3.14. The first-order chi connectivity index (χ1) is 5.75. The topological polar surface area (TPSA) is 72.0 Å². The van der Waals surface area contributed by atoms with Crippen molar-refractivity contribution in [3.05, 3.63) is 24.3 Å². The van der Waals surface area contributed by atoms with Crippen LogP contribution in [0, 0.1) is 0 Å². The van der Waals surface area contributed by atoms with E-state index < -0.39 is 6.10 Å². The van der Waals surface area contributed by atoms with Gasteiger partial charge in [-0.25, -0.2) is 9.97 Å². The first-order valence-corrected chi connectivity index (χ1v) is 3.96. The second-order valence-electron chi connectivity index (χ2n) is 2.62. The summed E-state index contributed by atoms with van der Waals surface area (Å²) >= 11 is 0. The van der Waals surface area contributed by atoms with E-state index in [9.17, 15) is 5.11 Å². The van der Waals surface area contributed by atoms with E-state index in [0.717, 1.165) is 0 Å². The van der Waals surface area contributed by atoms with Crippen molar-refractivity contribution in [2.75, 3.05) is 0 Å². The van der Waals surface area contributed by atoms with Gasteiger partial charge in [-0.1, -0.05) is 6.92 Å². The molecular weight excluding hydrogens is 154 g/mol. The van der Waals surface area contributed by atoms with Crippen molar-refractivity contribution in [1.29, 1.82) is 0 Å². The lowest BCUT2D eigenvalue weighted by Gasteiger charge is -2.14. The van der Waals surface area contributed by atoms with E-state index in [4.69, 9.17) is 5.73 Å². The molecule has 0 aliphatic carbocycles. The lowest BCUT2D eigenvalue weighted by Crippen LogP contribution is -2.28. The smallest absolute Gasteiger partial charge is 0.158 e. The van der Waals surface area contributed by atoms with Crippen LogP contribution in [0.5, 0.6) is 0 Å². The van der Waals surface area contributed by atoms with E-state index in [1.54, 1.807) is 18.5 Å². The molecule has 0 fully saturated rings. The summed E-state index contributed by atoms with van der Waals surface area (Å²) in [4.78, 5) is 7.81. The summed E-state index contributed by atoms with van der Waals surface area (Å²) < 4.78 is 0. The Morgan fingerprint density at radius 2 is 2.08 bits per heavy atom. The van der Waals surface area contributed by atoms with Crippen molar-refractivity contribution in [3.8, 4) is 0 Å². The third-order valence-electron chi connectivity index (χ3n) is 1.73. The number of nitrogens with two attached hydrogens (primary N) is 1. The molecular formula is C8H13N3O. The average molecular weight is 167 g/mol. The standard InChI is InChI=1S/C8H13N3O/c1-2-6(9)7(12)8-10-4-3-5-11-8/h3-7,12H,2,9H2,1H3. The van der Waals surface area contributed by atoms with Gasteiger partial charge in [0.05, 0.1) is 0 Å². The summed E-state index contributed by atoms with van der Waals surface area (Å²) in [6.45, 7) is 1.91. The van der Waals surface area contributed by atoms with Crippen molar-refractivity contribution >= 4 is 0 Å². The molecule has 1 aromatic heterocycles. The van der Waals surface area contributed by atoms with E-state index in [1.807, 2.05) is 6.92 Å². The molecule has 0 saturated heterocycles. The highest BCUT2D eigenvalue weighted by Crippen LogP contribution is 2.11. The summed E-state index contributed by atoms with van der Waals surface area (Å²) in [5, 5.41) is 9.54. The van der Waals surface area contributed by atoms with E-state index >= 15 is 0 Å². The predicted octanol–water partition coefficient (Wildman–Crippen LogP) is 0.247. The molecule has 1 aromatic rings. The largest absolute Gasteiger partial charge is 0.383 e. The van der Waals surface area contributed by atoms with Gasteiger partial charge in [-0.05, 0) is 12.5 Å². The summed E-state index contributed by atoms with van der Waals surface area (Å²) in [5.41, 5.74) is 5.62. The molecule has 1 rings (SSSR count). The van der Waals surface area contributed by atoms with Crippen LogP contribution >= 0.6 is 0 Å². The monoisotopic (exact) mass is 167 g/mol. The molecule has 0 bridgehead atoms. The zero-order chi connectivity index (χ0) is 8.97. The van der Waals surface area contributed by atoms with Crippen LogP contribution in [0.2, 0.25) is 0 Å². The summed E-state index contributed by atoms with van der Waals surface area (Å²) in [6, 6.07) is 1.42.